The van der Waals surface area contributed by atoms with E-state index in [1.54, 1.807) is 19.1 Å². The van der Waals surface area contributed by atoms with E-state index in [0.29, 0.717) is 11.4 Å². The van der Waals surface area contributed by atoms with Crippen LogP contribution in [0.3, 0.4) is 0 Å². The monoisotopic (exact) mass is 321 g/mol. The van der Waals surface area contributed by atoms with Crippen molar-refractivity contribution < 1.29 is 14.3 Å². The molecule has 6 nitrogen and oxygen atoms in total. The van der Waals surface area contributed by atoms with Crippen molar-refractivity contribution in [2.75, 3.05) is 5.32 Å². The van der Waals surface area contributed by atoms with Gasteiger partial charge in [-0.3, -0.25) is 4.79 Å². The zero-order valence-electron chi connectivity index (χ0n) is 14.5. The smallest absolute Gasteiger partial charge is 0.319 e. The van der Waals surface area contributed by atoms with Gasteiger partial charge < -0.3 is 20.7 Å². The van der Waals surface area contributed by atoms with Gasteiger partial charge in [0, 0.05) is 6.04 Å². The Balaban J connectivity index is 2.61. The summed E-state index contributed by atoms with van der Waals surface area (Å²) in [4.78, 5) is 24.0. The highest BCUT2D eigenvalue weighted by atomic mass is 16.5. The molecule has 0 bridgehead atoms. The first-order valence-electron chi connectivity index (χ1n) is 7.97. The normalized spacial score (nSPS) is 13.1. The number of anilines is 1. The molecule has 0 unspecified atom stereocenters. The number of urea groups is 1. The molecular weight excluding hydrogens is 294 g/mol. The number of amides is 3. The fraction of sp³-hybridized carbons (Fsp3) is 0.529. The summed E-state index contributed by atoms with van der Waals surface area (Å²) in [5.41, 5.74) is 0.563. The topological polar surface area (TPSA) is 79.5 Å². The third kappa shape index (κ3) is 6.59. The van der Waals surface area contributed by atoms with Crippen molar-refractivity contribution >= 4 is 17.6 Å². The Morgan fingerprint density at radius 1 is 1.09 bits per heavy atom. The largest absolute Gasteiger partial charge is 0.489 e. The van der Waals surface area contributed by atoms with Gasteiger partial charge in [0.25, 0.3) is 0 Å². The zero-order valence-corrected chi connectivity index (χ0v) is 14.5. The molecule has 0 radical (unpaired) electrons. The molecule has 3 amide bonds. The molecule has 0 aromatic heterocycles. The Kier molecular flexibility index (Phi) is 7.38. The van der Waals surface area contributed by atoms with Gasteiger partial charge in [-0.15, -0.1) is 0 Å². The molecule has 0 fully saturated rings. The molecule has 0 heterocycles. The van der Waals surface area contributed by atoms with Crippen LogP contribution in [0.25, 0.3) is 0 Å². The van der Waals surface area contributed by atoms with Gasteiger partial charge in [0.05, 0.1) is 11.8 Å². The van der Waals surface area contributed by atoms with Crippen LogP contribution in [0.2, 0.25) is 0 Å². The highest BCUT2D eigenvalue weighted by Crippen LogP contribution is 2.24. The molecule has 128 valence electrons. The second-order valence-electron chi connectivity index (χ2n) is 5.80. The fourth-order valence-corrected chi connectivity index (χ4v) is 1.82. The minimum absolute atomic E-state index is 0.00115. The van der Waals surface area contributed by atoms with Gasteiger partial charge in [0.1, 0.15) is 11.8 Å². The van der Waals surface area contributed by atoms with E-state index in [1.165, 1.54) is 0 Å². The molecule has 23 heavy (non-hydrogen) atoms. The van der Waals surface area contributed by atoms with Crippen LogP contribution in [0.1, 0.15) is 41.0 Å². The summed E-state index contributed by atoms with van der Waals surface area (Å²) in [5.74, 6) is 0.385. The van der Waals surface area contributed by atoms with E-state index in [1.807, 2.05) is 39.8 Å². The average molecular weight is 321 g/mol. The van der Waals surface area contributed by atoms with E-state index in [0.717, 1.165) is 6.42 Å². The van der Waals surface area contributed by atoms with Gasteiger partial charge in [0.2, 0.25) is 5.91 Å². The lowest BCUT2D eigenvalue weighted by Gasteiger charge is -2.19. The number of carbonyl (C=O) groups excluding carboxylic acids is 2. The lowest BCUT2D eigenvalue weighted by atomic mass is 10.2. The Hall–Kier alpha value is -2.24. The molecule has 1 aromatic carbocycles. The Morgan fingerprint density at radius 3 is 2.35 bits per heavy atom. The first kappa shape index (κ1) is 18.8. The Bertz CT molecular complexity index is 532. The molecule has 0 spiro atoms. The van der Waals surface area contributed by atoms with E-state index in [4.69, 9.17) is 4.74 Å². The Morgan fingerprint density at radius 2 is 1.74 bits per heavy atom. The minimum Gasteiger partial charge on any atom is -0.489 e. The van der Waals surface area contributed by atoms with Gasteiger partial charge in [-0.2, -0.15) is 0 Å². The van der Waals surface area contributed by atoms with Crippen LogP contribution in [-0.2, 0) is 4.79 Å². The minimum atomic E-state index is -0.623. The average Bonchev–Trinajstić information content (AvgIpc) is 2.48. The molecular formula is C17H27N3O3. The van der Waals surface area contributed by atoms with Crippen molar-refractivity contribution in [3.8, 4) is 5.75 Å². The maximum absolute atomic E-state index is 12.1. The van der Waals surface area contributed by atoms with Gasteiger partial charge >= 0.3 is 6.03 Å². The Labute approximate surface area is 138 Å². The summed E-state index contributed by atoms with van der Waals surface area (Å²) in [7, 11) is 0. The molecule has 6 heteroatoms. The highest BCUT2D eigenvalue weighted by Gasteiger charge is 2.17. The SMILES string of the molecule is CC[C@@H](C)NC(=O)[C@H](C)NC(=O)Nc1ccccc1OC(C)C. The van der Waals surface area contributed by atoms with Gasteiger partial charge in [-0.1, -0.05) is 19.1 Å². The van der Waals surface area contributed by atoms with Gasteiger partial charge in [0.15, 0.2) is 0 Å². The van der Waals surface area contributed by atoms with Gasteiger partial charge in [-0.05, 0) is 46.2 Å². The lowest BCUT2D eigenvalue weighted by Crippen LogP contribution is -2.48. The predicted octanol–water partition coefficient (Wildman–Crippen LogP) is 2.90. The van der Waals surface area contributed by atoms with Crippen molar-refractivity contribution in [3.63, 3.8) is 0 Å². The molecule has 0 aliphatic carbocycles. The van der Waals surface area contributed by atoms with Crippen molar-refractivity contribution in [3.05, 3.63) is 24.3 Å². The number of nitrogens with one attached hydrogen (secondary N) is 3. The van der Waals surface area contributed by atoms with Gasteiger partial charge in [-0.25, -0.2) is 4.79 Å². The molecule has 3 N–H and O–H groups in total. The van der Waals surface area contributed by atoms with E-state index >= 15 is 0 Å². The highest BCUT2D eigenvalue weighted by molar-refractivity contribution is 5.94. The number of benzene rings is 1. The predicted molar refractivity (Wildman–Crippen MR) is 91.7 cm³/mol. The van der Waals surface area contributed by atoms with Crippen LogP contribution >= 0.6 is 0 Å². The molecule has 0 aliphatic heterocycles. The zero-order chi connectivity index (χ0) is 17.4. The molecule has 0 saturated carbocycles. The van der Waals surface area contributed by atoms with Crippen LogP contribution < -0.4 is 20.7 Å². The maximum Gasteiger partial charge on any atom is 0.319 e. The second kappa shape index (κ2) is 9.02. The molecule has 0 aliphatic rings. The van der Waals surface area contributed by atoms with E-state index in [2.05, 4.69) is 16.0 Å². The summed E-state index contributed by atoms with van der Waals surface area (Å²) in [6.45, 7) is 9.38. The summed E-state index contributed by atoms with van der Waals surface area (Å²) in [6.07, 6.45) is 0.839. The van der Waals surface area contributed by atoms with Crippen molar-refractivity contribution in [2.45, 2.75) is 59.2 Å². The van der Waals surface area contributed by atoms with Crippen LogP contribution in [0.5, 0.6) is 5.75 Å². The standard InChI is InChI=1S/C17H27N3O3/c1-6-12(4)18-16(21)13(5)19-17(22)20-14-9-7-8-10-15(14)23-11(2)3/h7-13H,6H2,1-5H3,(H,18,21)(H2,19,20,22)/t12-,13+/m1/s1. The quantitative estimate of drug-likeness (QED) is 0.722. The summed E-state index contributed by atoms with van der Waals surface area (Å²) < 4.78 is 5.64. The number of ether oxygens (including phenoxy) is 1. The number of para-hydroxylation sites is 2. The van der Waals surface area contributed by atoms with E-state index in [9.17, 15) is 9.59 Å². The maximum atomic E-state index is 12.1. The summed E-state index contributed by atoms with van der Waals surface area (Å²) in [6, 6.07) is 6.19. The van der Waals surface area contributed by atoms with E-state index in [-0.39, 0.29) is 18.1 Å². The third-order valence-electron chi connectivity index (χ3n) is 3.24. The van der Waals surface area contributed by atoms with Crippen LogP contribution in [0, 0.1) is 0 Å². The number of hydrogen-bond donors (Lipinski definition) is 3. The molecule has 1 rings (SSSR count). The summed E-state index contributed by atoms with van der Waals surface area (Å²) >= 11 is 0. The van der Waals surface area contributed by atoms with Crippen molar-refractivity contribution in [2.24, 2.45) is 0 Å². The van der Waals surface area contributed by atoms with Crippen molar-refractivity contribution in [1.82, 2.24) is 10.6 Å². The molecule has 0 saturated heterocycles. The lowest BCUT2D eigenvalue weighted by molar-refractivity contribution is -0.123. The third-order valence-corrected chi connectivity index (χ3v) is 3.24. The van der Waals surface area contributed by atoms with Crippen LogP contribution in [-0.4, -0.2) is 30.1 Å². The molecule has 1 aromatic rings. The fourth-order valence-electron chi connectivity index (χ4n) is 1.82. The molecule has 2 atom stereocenters. The summed E-state index contributed by atoms with van der Waals surface area (Å²) in [5, 5.41) is 8.16. The first-order valence-corrected chi connectivity index (χ1v) is 7.97. The van der Waals surface area contributed by atoms with Crippen LogP contribution in [0.15, 0.2) is 24.3 Å². The van der Waals surface area contributed by atoms with Crippen LogP contribution in [0.4, 0.5) is 10.5 Å². The van der Waals surface area contributed by atoms with Crippen molar-refractivity contribution in [1.29, 1.82) is 0 Å². The van der Waals surface area contributed by atoms with E-state index < -0.39 is 12.1 Å². The number of carbonyl (C=O) groups is 2. The first-order chi connectivity index (χ1) is 10.8. The number of hydrogen-bond acceptors (Lipinski definition) is 3. The second-order valence-corrected chi connectivity index (χ2v) is 5.80. The number of rotatable bonds is 7.